The Kier molecular flexibility index (Phi) is 6.78. The van der Waals surface area contributed by atoms with Gasteiger partial charge in [-0.3, -0.25) is 9.69 Å². The molecule has 0 aromatic heterocycles. The lowest BCUT2D eigenvalue weighted by Crippen LogP contribution is -2.49. The SMILES string of the molecule is CC(C)Cc1ccc(N2CCN(C[C@H](O)COc3ccc4c(c3)CC(=O)N4)CC2)cc1. The molecule has 0 spiro atoms. The zero-order valence-electron chi connectivity index (χ0n) is 18.5. The Morgan fingerprint density at radius 1 is 1.06 bits per heavy atom. The lowest BCUT2D eigenvalue weighted by Gasteiger charge is -2.37. The molecule has 0 bridgehead atoms. The standard InChI is InChI=1S/C25H33N3O3/c1-18(2)13-19-3-5-21(6-4-19)28-11-9-27(10-12-28)16-22(29)17-31-23-7-8-24-20(14-23)15-25(30)26-24/h3-8,14,18,22,29H,9-13,15-17H2,1-2H3,(H,26,30)/t22-/m0/s1. The lowest BCUT2D eigenvalue weighted by atomic mass is 10.0. The number of hydrogen-bond acceptors (Lipinski definition) is 5. The van der Waals surface area contributed by atoms with Gasteiger partial charge in [0.15, 0.2) is 0 Å². The first-order chi connectivity index (χ1) is 15.0. The summed E-state index contributed by atoms with van der Waals surface area (Å²) in [6, 6.07) is 14.5. The fourth-order valence-electron chi connectivity index (χ4n) is 4.34. The number of piperazine rings is 1. The van der Waals surface area contributed by atoms with E-state index in [0.29, 0.717) is 24.6 Å². The maximum absolute atomic E-state index is 11.5. The number of ether oxygens (including phenoxy) is 1. The summed E-state index contributed by atoms with van der Waals surface area (Å²) in [5, 5.41) is 13.3. The molecule has 2 aromatic rings. The maximum Gasteiger partial charge on any atom is 0.228 e. The van der Waals surface area contributed by atoms with Crippen molar-refractivity contribution in [3.8, 4) is 5.75 Å². The number of hydrogen-bond donors (Lipinski definition) is 2. The zero-order valence-corrected chi connectivity index (χ0v) is 18.5. The van der Waals surface area contributed by atoms with E-state index in [2.05, 4.69) is 53.2 Å². The van der Waals surface area contributed by atoms with Crippen LogP contribution >= 0.6 is 0 Å². The number of amides is 1. The first kappa shape index (κ1) is 21.7. The number of fused-ring (bicyclic) bond motifs is 1. The highest BCUT2D eigenvalue weighted by Crippen LogP contribution is 2.27. The van der Waals surface area contributed by atoms with Gasteiger partial charge < -0.3 is 20.1 Å². The second-order valence-electron chi connectivity index (χ2n) is 9.06. The molecule has 2 aliphatic rings. The number of nitrogens with zero attached hydrogens (tertiary/aromatic N) is 2. The van der Waals surface area contributed by atoms with Gasteiger partial charge in [0.2, 0.25) is 5.91 Å². The number of β-amino-alcohol motifs (C(OH)–C–C–N with tert-alkyl or cyclic N) is 1. The monoisotopic (exact) mass is 423 g/mol. The number of aliphatic hydroxyl groups excluding tert-OH is 1. The van der Waals surface area contributed by atoms with Crippen molar-refractivity contribution < 1.29 is 14.6 Å². The highest BCUT2D eigenvalue weighted by Gasteiger charge is 2.21. The van der Waals surface area contributed by atoms with Crippen LogP contribution in [0.5, 0.6) is 5.75 Å². The van der Waals surface area contributed by atoms with Crippen LogP contribution in [0, 0.1) is 5.92 Å². The smallest absolute Gasteiger partial charge is 0.228 e. The summed E-state index contributed by atoms with van der Waals surface area (Å²) in [7, 11) is 0. The summed E-state index contributed by atoms with van der Waals surface area (Å²) in [5.41, 5.74) is 4.48. The average Bonchev–Trinajstić information content (AvgIpc) is 3.12. The molecule has 0 unspecified atom stereocenters. The van der Waals surface area contributed by atoms with Crippen LogP contribution in [0.2, 0.25) is 0 Å². The zero-order chi connectivity index (χ0) is 21.8. The second kappa shape index (κ2) is 9.71. The van der Waals surface area contributed by atoms with E-state index in [1.54, 1.807) is 0 Å². The van der Waals surface area contributed by atoms with E-state index < -0.39 is 6.10 Å². The molecule has 6 heteroatoms. The molecular formula is C25H33N3O3. The van der Waals surface area contributed by atoms with Gasteiger partial charge in [-0.25, -0.2) is 0 Å². The molecule has 1 atom stereocenters. The van der Waals surface area contributed by atoms with Crippen molar-refractivity contribution in [1.82, 2.24) is 4.90 Å². The number of anilines is 2. The Balaban J connectivity index is 1.20. The number of aliphatic hydroxyl groups is 1. The largest absolute Gasteiger partial charge is 0.491 e. The Labute approximate surface area is 184 Å². The lowest BCUT2D eigenvalue weighted by molar-refractivity contribution is -0.115. The van der Waals surface area contributed by atoms with Gasteiger partial charge in [-0.15, -0.1) is 0 Å². The first-order valence-electron chi connectivity index (χ1n) is 11.3. The van der Waals surface area contributed by atoms with E-state index in [1.807, 2.05) is 18.2 Å². The third kappa shape index (κ3) is 5.77. The van der Waals surface area contributed by atoms with Crippen molar-refractivity contribution in [1.29, 1.82) is 0 Å². The highest BCUT2D eigenvalue weighted by molar-refractivity contribution is 5.99. The minimum absolute atomic E-state index is 0.0119. The molecule has 166 valence electrons. The van der Waals surface area contributed by atoms with Crippen LogP contribution in [0.25, 0.3) is 0 Å². The van der Waals surface area contributed by atoms with Gasteiger partial charge in [0, 0.05) is 44.1 Å². The summed E-state index contributed by atoms with van der Waals surface area (Å²) in [6.07, 6.45) is 0.962. The van der Waals surface area contributed by atoms with Crippen molar-refractivity contribution in [3.63, 3.8) is 0 Å². The van der Waals surface area contributed by atoms with Crippen molar-refractivity contribution in [2.24, 2.45) is 5.92 Å². The van der Waals surface area contributed by atoms with Crippen molar-refractivity contribution in [2.45, 2.75) is 32.8 Å². The van der Waals surface area contributed by atoms with Crippen molar-refractivity contribution in [2.75, 3.05) is 49.5 Å². The third-order valence-corrected chi connectivity index (χ3v) is 5.93. The van der Waals surface area contributed by atoms with Gasteiger partial charge in [-0.05, 0) is 53.8 Å². The molecular weight excluding hydrogens is 390 g/mol. The molecule has 2 heterocycles. The van der Waals surface area contributed by atoms with Gasteiger partial charge in [0.25, 0.3) is 0 Å². The molecule has 0 aliphatic carbocycles. The molecule has 1 saturated heterocycles. The predicted octanol–water partition coefficient (Wildman–Crippen LogP) is 2.94. The number of nitrogens with one attached hydrogen (secondary N) is 1. The van der Waals surface area contributed by atoms with Gasteiger partial charge >= 0.3 is 0 Å². The molecule has 0 radical (unpaired) electrons. The molecule has 6 nitrogen and oxygen atoms in total. The normalized spacial score (nSPS) is 17.5. The van der Waals surface area contributed by atoms with E-state index in [0.717, 1.165) is 43.9 Å². The number of carbonyl (C=O) groups excluding carboxylic acids is 1. The summed E-state index contributed by atoms with van der Waals surface area (Å²) in [6.45, 7) is 9.13. The van der Waals surface area contributed by atoms with Crippen LogP contribution in [-0.4, -0.2) is 61.3 Å². The van der Waals surface area contributed by atoms with Crippen molar-refractivity contribution in [3.05, 3.63) is 53.6 Å². The van der Waals surface area contributed by atoms with Crippen LogP contribution in [0.3, 0.4) is 0 Å². The Morgan fingerprint density at radius 3 is 2.52 bits per heavy atom. The van der Waals surface area contributed by atoms with E-state index >= 15 is 0 Å². The van der Waals surface area contributed by atoms with E-state index in [4.69, 9.17) is 4.74 Å². The number of rotatable bonds is 8. The number of carbonyl (C=O) groups is 1. The maximum atomic E-state index is 11.5. The van der Waals surface area contributed by atoms with Crippen LogP contribution in [-0.2, 0) is 17.6 Å². The highest BCUT2D eigenvalue weighted by atomic mass is 16.5. The van der Waals surface area contributed by atoms with Gasteiger partial charge in [0.05, 0.1) is 6.42 Å². The number of benzene rings is 2. The molecule has 4 rings (SSSR count). The first-order valence-corrected chi connectivity index (χ1v) is 11.3. The summed E-state index contributed by atoms with van der Waals surface area (Å²) < 4.78 is 5.77. The van der Waals surface area contributed by atoms with Crippen LogP contribution in [0.4, 0.5) is 11.4 Å². The van der Waals surface area contributed by atoms with E-state index in [9.17, 15) is 9.90 Å². The van der Waals surface area contributed by atoms with Crippen molar-refractivity contribution >= 4 is 17.3 Å². The quantitative estimate of drug-likeness (QED) is 0.684. The van der Waals surface area contributed by atoms with Crippen LogP contribution in [0.15, 0.2) is 42.5 Å². The van der Waals surface area contributed by atoms with Gasteiger partial charge in [-0.2, -0.15) is 0 Å². The van der Waals surface area contributed by atoms with Crippen LogP contribution < -0.4 is 15.0 Å². The molecule has 1 fully saturated rings. The predicted molar refractivity (Wildman–Crippen MR) is 124 cm³/mol. The topological polar surface area (TPSA) is 65.0 Å². The van der Waals surface area contributed by atoms with E-state index in [1.165, 1.54) is 11.3 Å². The third-order valence-electron chi connectivity index (χ3n) is 5.93. The molecule has 2 aliphatic heterocycles. The molecule has 0 saturated carbocycles. The molecule has 31 heavy (non-hydrogen) atoms. The van der Waals surface area contributed by atoms with Gasteiger partial charge in [0.1, 0.15) is 18.5 Å². The Hall–Kier alpha value is -2.57. The average molecular weight is 424 g/mol. The fraction of sp³-hybridized carbons (Fsp3) is 0.480. The minimum Gasteiger partial charge on any atom is -0.491 e. The molecule has 2 N–H and O–H groups in total. The second-order valence-corrected chi connectivity index (χ2v) is 9.06. The van der Waals surface area contributed by atoms with Gasteiger partial charge in [-0.1, -0.05) is 26.0 Å². The Morgan fingerprint density at radius 2 is 1.81 bits per heavy atom. The summed E-state index contributed by atoms with van der Waals surface area (Å²) in [5.74, 6) is 1.38. The molecule has 2 aromatic carbocycles. The fourth-order valence-corrected chi connectivity index (χ4v) is 4.34. The summed E-state index contributed by atoms with van der Waals surface area (Å²) in [4.78, 5) is 16.2. The minimum atomic E-state index is -0.546. The Bertz CT molecular complexity index is 889. The van der Waals surface area contributed by atoms with E-state index in [-0.39, 0.29) is 12.5 Å². The van der Waals surface area contributed by atoms with Crippen LogP contribution in [0.1, 0.15) is 25.0 Å². The summed E-state index contributed by atoms with van der Waals surface area (Å²) >= 11 is 0. The molecule has 1 amide bonds.